The third-order valence-electron chi connectivity index (χ3n) is 11.6. The minimum absolute atomic E-state index is 0. The van der Waals surface area contributed by atoms with Crippen molar-refractivity contribution in [1.29, 1.82) is 0 Å². The van der Waals surface area contributed by atoms with E-state index in [2.05, 4.69) is 193 Å². The maximum atomic E-state index is 6.20. The summed E-state index contributed by atoms with van der Waals surface area (Å²) < 4.78 is 1.41. The van der Waals surface area contributed by atoms with Crippen molar-refractivity contribution >= 4 is 69.5 Å². The van der Waals surface area contributed by atoms with Gasteiger partial charge in [-0.15, -0.1) is 46.2 Å². The van der Waals surface area contributed by atoms with Gasteiger partial charge in [0.1, 0.15) is 0 Å². The van der Waals surface area contributed by atoms with Gasteiger partial charge < -0.3 is 24.8 Å². The van der Waals surface area contributed by atoms with E-state index < -0.39 is 0 Å². The third kappa shape index (κ3) is 11.1. The second kappa shape index (κ2) is 20.8. The van der Waals surface area contributed by atoms with E-state index in [1.54, 1.807) is 0 Å². The molecule has 0 bridgehead atoms. The van der Waals surface area contributed by atoms with Crippen molar-refractivity contribution in [2.45, 2.75) is 58.8 Å². The van der Waals surface area contributed by atoms with Gasteiger partial charge in [-0.1, -0.05) is 101 Å². The van der Waals surface area contributed by atoms with Crippen LogP contribution in [0.2, 0.25) is 10.0 Å². The van der Waals surface area contributed by atoms with Gasteiger partial charge in [-0.05, 0) is 68.5 Å². The average Bonchev–Trinajstić information content (AvgIpc) is 3.97. The van der Waals surface area contributed by atoms with Crippen molar-refractivity contribution < 1.29 is 49.0 Å². The van der Waals surface area contributed by atoms with Crippen LogP contribution in [0.1, 0.15) is 70.2 Å². The molecule has 64 heavy (non-hydrogen) atoms. The standard InChI is InChI=1S/C33H31Cl2.C21H14.C5H5.2ClH.Zr/c1-32(2,3)30-18-26-22(16-28(30)20-7-11-24(34)12-8-20)15-23-17-29(21-9-13-25(35)14-10-21)31(19-27(23)26)33(4,5)6;1-3-7-20-14-16(9-11-18(20)5-1)13-17-10-12-19-6-2-4-8-21(19)15-17;1-2-4-5-3-1;;;/h7-19H,1-6H3;1-12,14-15H;1-3H,4H2;2*1H;/q-1;;-1;;;+2/p-2. The van der Waals surface area contributed by atoms with Crippen molar-refractivity contribution in [2.24, 2.45) is 0 Å². The van der Waals surface area contributed by atoms with E-state index in [-0.39, 0.29) is 35.6 Å². The minimum atomic E-state index is 0. The monoisotopic (exact) mass is 988 g/mol. The number of hydrogen-bond acceptors (Lipinski definition) is 0. The van der Waals surface area contributed by atoms with Gasteiger partial charge in [0.05, 0.1) is 0 Å². The van der Waals surface area contributed by atoms with Crippen LogP contribution in [0.3, 0.4) is 0 Å². The molecule has 0 atom stereocenters. The summed E-state index contributed by atoms with van der Waals surface area (Å²) in [6.45, 7) is 13.7. The van der Waals surface area contributed by atoms with Crippen LogP contribution < -0.4 is 24.8 Å². The molecule has 9 aromatic rings. The van der Waals surface area contributed by atoms with Gasteiger partial charge in [0.15, 0.2) is 0 Å². The summed E-state index contributed by atoms with van der Waals surface area (Å²) in [5.41, 5.74) is 10.3. The molecule has 0 aromatic heterocycles. The normalized spacial score (nSPS) is 12.0. The van der Waals surface area contributed by atoms with Crippen molar-refractivity contribution in [3.63, 3.8) is 0 Å². The SMILES string of the molecule is CC(C)(C)c1cc2c(cc1-c1ccc(Cl)cc1)[cH-]c1cc(-c3ccc(Cl)cc3)c(C(C)(C)C)cc12.[C-]1=CC=CC1.[Cl-].[Cl-].[Zr+2]=[C](c1ccc2ccccc2c1)c1ccc2ccccc2c1. The first-order chi connectivity index (χ1) is 29.7. The average molecular weight is 992 g/mol. The van der Waals surface area contributed by atoms with Crippen LogP contribution in [0.25, 0.3) is 65.3 Å². The van der Waals surface area contributed by atoms with Crippen LogP contribution in [-0.2, 0) is 35.1 Å². The first-order valence-electron chi connectivity index (χ1n) is 21.3. The Morgan fingerprint density at radius 1 is 0.516 bits per heavy atom. The first kappa shape index (κ1) is 49.0. The molecule has 0 N–H and O–H groups in total. The zero-order valence-corrected chi connectivity index (χ0v) is 42.5. The Bertz CT molecular complexity index is 2930. The molecular formula is C59H50Cl4Zr-2. The summed E-state index contributed by atoms with van der Waals surface area (Å²) in [5.74, 6) is 0. The molecule has 1 aliphatic carbocycles. The number of hydrogen-bond donors (Lipinski definition) is 0. The zero-order chi connectivity index (χ0) is 43.6. The molecule has 0 saturated carbocycles. The summed E-state index contributed by atoms with van der Waals surface area (Å²) >= 11 is 13.8. The third-order valence-corrected chi connectivity index (χ3v) is 13.5. The van der Waals surface area contributed by atoms with Crippen LogP contribution >= 0.6 is 23.2 Å². The fraction of sp³-hybridized carbons (Fsp3) is 0.153. The van der Waals surface area contributed by atoms with Gasteiger partial charge in [0, 0.05) is 10.0 Å². The van der Waals surface area contributed by atoms with Crippen LogP contribution in [0, 0.1) is 6.08 Å². The van der Waals surface area contributed by atoms with E-state index in [1.165, 1.54) is 115 Å². The molecule has 0 spiro atoms. The summed E-state index contributed by atoms with van der Waals surface area (Å²) in [6, 6.07) is 58.9. The molecule has 0 nitrogen and oxygen atoms in total. The van der Waals surface area contributed by atoms with Gasteiger partial charge in [-0.3, -0.25) is 6.08 Å². The van der Waals surface area contributed by atoms with E-state index in [9.17, 15) is 0 Å². The molecule has 0 heterocycles. The molecule has 5 heteroatoms. The van der Waals surface area contributed by atoms with Crippen LogP contribution in [0.5, 0.6) is 0 Å². The molecule has 0 unspecified atom stereocenters. The van der Waals surface area contributed by atoms with Gasteiger partial charge in [-0.25, -0.2) is 12.2 Å². The van der Waals surface area contributed by atoms with Crippen molar-refractivity contribution in [3.8, 4) is 22.3 Å². The van der Waals surface area contributed by atoms with Gasteiger partial charge in [-0.2, -0.15) is 6.08 Å². The molecule has 0 aliphatic heterocycles. The number of benzene rings is 8. The Morgan fingerprint density at radius 2 is 0.922 bits per heavy atom. The summed E-state index contributed by atoms with van der Waals surface area (Å²) in [6.07, 6.45) is 10.0. The zero-order valence-electron chi connectivity index (χ0n) is 37.0. The topological polar surface area (TPSA) is 0 Å². The second-order valence-corrected chi connectivity index (χ2v) is 20.2. The molecular weight excluding hydrogens is 942 g/mol. The van der Waals surface area contributed by atoms with Crippen molar-refractivity contribution in [3.05, 3.63) is 220 Å². The van der Waals surface area contributed by atoms with E-state index in [0.717, 1.165) is 16.5 Å². The maximum absolute atomic E-state index is 6.20. The predicted octanol–water partition coefficient (Wildman–Crippen LogP) is 11.4. The Morgan fingerprint density at radius 3 is 1.27 bits per heavy atom. The number of halogens is 4. The number of allylic oxidation sites excluding steroid dienone is 4. The number of rotatable bonds is 4. The fourth-order valence-corrected chi connectivity index (χ4v) is 9.30. The molecule has 0 amide bonds. The van der Waals surface area contributed by atoms with Crippen molar-refractivity contribution in [2.75, 3.05) is 0 Å². The Labute approximate surface area is 416 Å². The number of fused-ring (bicyclic) bond motifs is 5. The molecule has 0 saturated heterocycles. The fourth-order valence-electron chi connectivity index (χ4n) is 8.28. The van der Waals surface area contributed by atoms with Gasteiger partial charge >= 0.3 is 145 Å². The molecule has 9 aromatic carbocycles. The van der Waals surface area contributed by atoms with E-state index in [4.69, 9.17) is 23.2 Å². The second-order valence-electron chi connectivity index (χ2n) is 18.1. The van der Waals surface area contributed by atoms with Crippen LogP contribution in [0.15, 0.2) is 182 Å². The van der Waals surface area contributed by atoms with Crippen LogP contribution in [-0.4, -0.2) is 3.21 Å². The van der Waals surface area contributed by atoms with Crippen molar-refractivity contribution in [1.82, 2.24) is 0 Å². The van der Waals surface area contributed by atoms with Gasteiger partial charge in [0.2, 0.25) is 0 Å². The van der Waals surface area contributed by atoms with E-state index in [0.29, 0.717) is 0 Å². The van der Waals surface area contributed by atoms with Gasteiger partial charge in [0.25, 0.3) is 0 Å². The van der Waals surface area contributed by atoms with E-state index in [1.807, 2.05) is 36.4 Å². The first-order valence-corrected chi connectivity index (χ1v) is 23.2. The molecule has 0 radical (unpaired) electrons. The molecule has 1 aliphatic rings. The van der Waals surface area contributed by atoms with E-state index >= 15 is 0 Å². The summed E-state index contributed by atoms with van der Waals surface area (Å²) in [7, 11) is 0. The Kier molecular flexibility index (Phi) is 15.9. The summed E-state index contributed by atoms with van der Waals surface area (Å²) in [5, 5.41) is 11.9. The summed E-state index contributed by atoms with van der Waals surface area (Å²) in [4.78, 5) is 0. The molecule has 0 fully saturated rings. The molecule has 320 valence electrons. The quantitative estimate of drug-likeness (QED) is 0.154. The Balaban J connectivity index is 0.000000200. The Hall–Kier alpha value is -4.46. The molecule has 10 rings (SSSR count). The predicted molar refractivity (Wildman–Crippen MR) is 268 cm³/mol. The van der Waals surface area contributed by atoms with Crippen LogP contribution in [0.4, 0.5) is 0 Å².